The first-order valence-electron chi connectivity index (χ1n) is 9.77. The molecule has 2 fully saturated rings. The molecular formula is C20H29N3OS. The number of fused-ring (bicyclic) bond motifs is 1. The molecule has 1 saturated carbocycles. The van der Waals surface area contributed by atoms with Crippen molar-refractivity contribution in [3.63, 3.8) is 0 Å². The van der Waals surface area contributed by atoms with E-state index < -0.39 is 0 Å². The van der Waals surface area contributed by atoms with Crippen LogP contribution in [0.1, 0.15) is 73.0 Å². The molecule has 0 atom stereocenters. The Bertz CT molecular complexity index is 777. The number of piperidine rings is 1. The highest BCUT2D eigenvalue weighted by atomic mass is 32.1. The van der Waals surface area contributed by atoms with E-state index in [9.17, 15) is 4.79 Å². The van der Waals surface area contributed by atoms with E-state index in [-0.39, 0.29) is 0 Å². The molecule has 0 radical (unpaired) electrons. The van der Waals surface area contributed by atoms with Gasteiger partial charge in [0.25, 0.3) is 0 Å². The van der Waals surface area contributed by atoms with Crippen LogP contribution >= 0.6 is 11.3 Å². The molecule has 5 heteroatoms. The molecule has 0 aromatic carbocycles. The van der Waals surface area contributed by atoms with Gasteiger partial charge in [0.05, 0.1) is 5.69 Å². The zero-order chi connectivity index (χ0) is 17.6. The van der Waals surface area contributed by atoms with Gasteiger partial charge in [0.1, 0.15) is 10.7 Å². The number of hydrogen-bond acceptors (Lipinski definition) is 3. The first kappa shape index (κ1) is 17.1. The summed E-state index contributed by atoms with van der Waals surface area (Å²) in [5.41, 5.74) is 2.59. The number of likely N-dealkylation sites (tertiary alicyclic amines) is 1. The van der Waals surface area contributed by atoms with Crippen molar-refractivity contribution in [1.29, 1.82) is 0 Å². The summed E-state index contributed by atoms with van der Waals surface area (Å²) in [6.07, 6.45) is 8.03. The quantitative estimate of drug-likeness (QED) is 0.803. The summed E-state index contributed by atoms with van der Waals surface area (Å²) in [4.78, 5) is 22.3. The highest BCUT2D eigenvalue weighted by Gasteiger charge is 2.29. The van der Waals surface area contributed by atoms with Crippen molar-refractivity contribution in [3.05, 3.63) is 22.1 Å². The van der Waals surface area contributed by atoms with E-state index in [1.807, 2.05) is 11.3 Å². The minimum Gasteiger partial charge on any atom is -0.343 e. The van der Waals surface area contributed by atoms with Crippen LogP contribution in [0.4, 0.5) is 0 Å². The third-order valence-electron chi connectivity index (χ3n) is 6.30. The van der Waals surface area contributed by atoms with Crippen LogP contribution in [0, 0.1) is 26.7 Å². The third kappa shape index (κ3) is 3.12. The van der Waals surface area contributed by atoms with Crippen LogP contribution in [0.15, 0.2) is 0 Å². The summed E-state index contributed by atoms with van der Waals surface area (Å²) in [6.45, 7) is 8.28. The number of thiazole rings is 1. The number of amides is 1. The number of carbonyl (C=O) groups is 1. The molecule has 1 aliphatic heterocycles. The molecule has 1 amide bonds. The maximum Gasteiger partial charge on any atom is 0.222 e. The Kier molecular flexibility index (Phi) is 4.61. The van der Waals surface area contributed by atoms with E-state index in [0.717, 1.165) is 38.2 Å². The number of rotatable bonds is 3. The van der Waals surface area contributed by atoms with Crippen molar-refractivity contribution in [2.75, 3.05) is 13.1 Å². The van der Waals surface area contributed by atoms with Gasteiger partial charge in [0.15, 0.2) is 0 Å². The Labute approximate surface area is 154 Å². The maximum absolute atomic E-state index is 12.6. The number of nitrogens with zero attached hydrogens (tertiary/aromatic N) is 3. The second kappa shape index (κ2) is 6.75. The molecule has 4 rings (SSSR count). The van der Waals surface area contributed by atoms with Crippen LogP contribution in [0.2, 0.25) is 0 Å². The van der Waals surface area contributed by atoms with Gasteiger partial charge in [-0.05, 0) is 52.4 Å². The Hall–Kier alpha value is -1.36. The topological polar surface area (TPSA) is 37.6 Å². The van der Waals surface area contributed by atoms with Gasteiger partial charge in [0, 0.05) is 36.0 Å². The second-order valence-electron chi connectivity index (χ2n) is 7.94. The van der Waals surface area contributed by atoms with Crippen LogP contribution in [0.25, 0.3) is 4.83 Å². The van der Waals surface area contributed by atoms with Crippen LogP contribution < -0.4 is 0 Å². The summed E-state index contributed by atoms with van der Waals surface area (Å²) in [7, 11) is 0. The maximum atomic E-state index is 12.6. The predicted octanol–water partition coefficient (Wildman–Crippen LogP) is 4.61. The first-order valence-corrected chi connectivity index (χ1v) is 10.6. The molecule has 0 bridgehead atoms. The Morgan fingerprint density at radius 1 is 1.12 bits per heavy atom. The molecule has 2 aliphatic rings. The van der Waals surface area contributed by atoms with E-state index in [0.29, 0.717) is 17.7 Å². The molecule has 3 heterocycles. The van der Waals surface area contributed by atoms with Crippen LogP contribution in [0.5, 0.6) is 0 Å². The van der Waals surface area contributed by atoms with Gasteiger partial charge in [-0.25, -0.2) is 4.98 Å². The Balaban J connectivity index is 1.43. The van der Waals surface area contributed by atoms with E-state index in [4.69, 9.17) is 4.98 Å². The lowest BCUT2D eigenvalue weighted by Crippen LogP contribution is -2.38. The molecule has 4 nitrogen and oxygen atoms in total. The largest absolute Gasteiger partial charge is 0.343 e. The minimum atomic E-state index is 0.388. The van der Waals surface area contributed by atoms with Gasteiger partial charge in [-0.15, -0.1) is 11.3 Å². The smallest absolute Gasteiger partial charge is 0.222 e. The zero-order valence-corrected chi connectivity index (χ0v) is 16.5. The molecule has 25 heavy (non-hydrogen) atoms. The van der Waals surface area contributed by atoms with Crippen molar-refractivity contribution in [1.82, 2.24) is 14.3 Å². The summed E-state index contributed by atoms with van der Waals surface area (Å²) >= 11 is 1.87. The molecule has 136 valence electrons. The highest BCUT2D eigenvalue weighted by molar-refractivity contribution is 7.17. The van der Waals surface area contributed by atoms with Gasteiger partial charge in [0.2, 0.25) is 5.91 Å². The monoisotopic (exact) mass is 359 g/mol. The van der Waals surface area contributed by atoms with Gasteiger partial charge in [-0.2, -0.15) is 0 Å². The standard InChI is InChI=1S/C20H29N3OS/c1-13-14(2)25-20-19(21-15(3)23(13)20)17-8-10-22(11-9-17)18(24)12-16-6-4-5-7-16/h16-17H,4-12H2,1-3H3. The summed E-state index contributed by atoms with van der Waals surface area (Å²) in [6, 6.07) is 0. The van der Waals surface area contributed by atoms with Crippen LogP contribution in [0.3, 0.4) is 0 Å². The summed E-state index contributed by atoms with van der Waals surface area (Å²) in [5.74, 6) is 2.64. The number of imidazole rings is 1. The lowest BCUT2D eigenvalue weighted by atomic mass is 9.93. The lowest BCUT2D eigenvalue weighted by Gasteiger charge is -2.32. The molecule has 0 unspecified atom stereocenters. The molecule has 1 aliphatic carbocycles. The summed E-state index contributed by atoms with van der Waals surface area (Å²) < 4.78 is 2.31. The normalized spacial score (nSPS) is 20.0. The summed E-state index contributed by atoms with van der Waals surface area (Å²) in [5, 5.41) is 0. The fourth-order valence-electron chi connectivity index (χ4n) is 4.66. The Morgan fingerprint density at radius 3 is 2.48 bits per heavy atom. The average Bonchev–Trinajstić information content (AvgIpc) is 3.29. The number of carbonyl (C=O) groups excluding carboxylic acids is 1. The van der Waals surface area contributed by atoms with Gasteiger partial charge in [-0.3, -0.25) is 9.20 Å². The van der Waals surface area contributed by atoms with Crippen molar-refractivity contribution in [2.24, 2.45) is 5.92 Å². The van der Waals surface area contributed by atoms with Crippen LogP contribution in [-0.2, 0) is 4.79 Å². The Morgan fingerprint density at radius 2 is 1.80 bits per heavy atom. The molecular weight excluding hydrogens is 330 g/mol. The van der Waals surface area contributed by atoms with Crippen molar-refractivity contribution < 1.29 is 4.79 Å². The van der Waals surface area contributed by atoms with Gasteiger partial charge >= 0.3 is 0 Å². The minimum absolute atomic E-state index is 0.388. The number of aryl methyl sites for hydroxylation is 3. The molecule has 0 N–H and O–H groups in total. The van der Waals surface area contributed by atoms with Crippen molar-refractivity contribution in [2.45, 2.75) is 71.6 Å². The van der Waals surface area contributed by atoms with E-state index >= 15 is 0 Å². The van der Waals surface area contributed by atoms with Gasteiger partial charge in [-0.1, -0.05) is 12.8 Å². The zero-order valence-electron chi connectivity index (χ0n) is 15.7. The second-order valence-corrected chi connectivity index (χ2v) is 9.14. The average molecular weight is 360 g/mol. The fourth-order valence-corrected chi connectivity index (χ4v) is 5.87. The van der Waals surface area contributed by atoms with Crippen LogP contribution in [-0.4, -0.2) is 33.3 Å². The van der Waals surface area contributed by atoms with Crippen molar-refractivity contribution in [3.8, 4) is 0 Å². The molecule has 2 aromatic heterocycles. The predicted molar refractivity (Wildman–Crippen MR) is 102 cm³/mol. The van der Waals surface area contributed by atoms with Crippen molar-refractivity contribution >= 4 is 22.1 Å². The van der Waals surface area contributed by atoms with E-state index in [1.54, 1.807) is 0 Å². The fraction of sp³-hybridized carbons (Fsp3) is 0.700. The van der Waals surface area contributed by atoms with Gasteiger partial charge < -0.3 is 4.90 Å². The molecule has 1 saturated heterocycles. The van der Waals surface area contributed by atoms with E-state index in [2.05, 4.69) is 30.1 Å². The number of aromatic nitrogens is 2. The number of hydrogen-bond donors (Lipinski definition) is 0. The highest BCUT2D eigenvalue weighted by Crippen LogP contribution is 2.36. The van der Waals surface area contributed by atoms with E-state index in [1.165, 1.54) is 46.8 Å². The SMILES string of the molecule is Cc1sc2c(C3CCN(C(=O)CC4CCCC4)CC3)nc(C)n2c1C. The lowest BCUT2D eigenvalue weighted by molar-refractivity contribution is -0.133. The molecule has 0 spiro atoms. The molecule has 2 aromatic rings. The third-order valence-corrected chi connectivity index (χ3v) is 7.48. The first-order chi connectivity index (χ1) is 12.0.